The van der Waals surface area contributed by atoms with Crippen molar-refractivity contribution in [2.75, 3.05) is 47.4 Å². The van der Waals surface area contributed by atoms with Gasteiger partial charge >= 0.3 is 0 Å². The second kappa shape index (κ2) is 10.1. The van der Waals surface area contributed by atoms with Gasteiger partial charge in [0.1, 0.15) is 17.1 Å². The van der Waals surface area contributed by atoms with Crippen LogP contribution in [-0.2, 0) is 6.54 Å². The number of carbonyl (C=O) groups is 1. The van der Waals surface area contributed by atoms with Gasteiger partial charge in [0.25, 0.3) is 5.91 Å². The molecule has 2 aromatic carbocycles. The van der Waals surface area contributed by atoms with E-state index >= 15 is 0 Å². The number of ether oxygens (including phenoxy) is 2. The van der Waals surface area contributed by atoms with Gasteiger partial charge in [0.15, 0.2) is 0 Å². The second-order valence-corrected chi connectivity index (χ2v) is 8.17. The monoisotopic (exact) mass is 461 g/mol. The number of rotatable bonds is 6. The molecule has 1 heterocycles. The molecule has 0 radical (unpaired) electrons. The van der Waals surface area contributed by atoms with Gasteiger partial charge in [0.2, 0.25) is 0 Å². The normalized spacial score (nSPS) is 18.1. The first-order valence-corrected chi connectivity index (χ1v) is 10.5. The Bertz CT molecular complexity index is 832. The first-order chi connectivity index (χ1) is 14.0. The van der Waals surface area contributed by atoms with Crippen LogP contribution >= 0.6 is 15.9 Å². The highest BCUT2D eigenvalue weighted by molar-refractivity contribution is 9.10. The van der Waals surface area contributed by atoms with Crippen molar-refractivity contribution in [1.29, 1.82) is 0 Å². The highest BCUT2D eigenvalue weighted by Gasteiger charge is 2.26. The van der Waals surface area contributed by atoms with Gasteiger partial charge in [-0.1, -0.05) is 30.3 Å². The van der Waals surface area contributed by atoms with Crippen LogP contribution in [0.5, 0.6) is 11.5 Å². The van der Waals surface area contributed by atoms with Gasteiger partial charge in [-0.05, 0) is 40.7 Å². The lowest BCUT2D eigenvalue weighted by Gasteiger charge is -2.25. The van der Waals surface area contributed by atoms with E-state index in [4.69, 9.17) is 9.47 Å². The molecule has 1 amide bonds. The highest BCUT2D eigenvalue weighted by atomic mass is 79.9. The summed E-state index contributed by atoms with van der Waals surface area (Å²) in [7, 11) is 5.20. The molecule has 6 nitrogen and oxygen atoms in total. The van der Waals surface area contributed by atoms with Crippen molar-refractivity contribution in [3.8, 4) is 11.5 Å². The summed E-state index contributed by atoms with van der Waals surface area (Å²) in [6, 6.07) is 14.0. The third-order valence-corrected chi connectivity index (χ3v) is 5.74. The molecule has 0 spiro atoms. The summed E-state index contributed by atoms with van der Waals surface area (Å²) in [5, 5.41) is 3.19. The van der Waals surface area contributed by atoms with E-state index in [-0.39, 0.29) is 11.9 Å². The summed E-state index contributed by atoms with van der Waals surface area (Å²) in [5.41, 5.74) is 1.68. The fraction of sp³-hybridized carbons (Fsp3) is 0.409. The molecule has 7 heteroatoms. The minimum absolute atomic E-state index is 0.00731. The maximum absolute atomic E-state index is 13.2. The minimum Gasteiger partial charge on any atom is -0.496 e. The minimum atomic E-state index is -0.194. The topological polar surface area (TPSA) is 54.0 Å². The predicted molar refractivity (Wildman–Crippen MR) is 118 cm³/mol. The number of nitrogens with zero attached hydrogens (tertiary/aromatic N) is 2. The average Bonchev–Trinajstić information content (AvgIpc) is 2.89. The maximum Gasteiger partial charge on any atom is 0.259 e. The van der Waals surface area contributed by atoms with E-state index in [0.29, 0.717) is 17.1 Å². The van der Waals surface area contributed by atoms with E-state index in [0.717, 1.165) is 37.2 Å². The average molecular weight is 462 g/mol. The standard InChI is InChI=1S/C22H28BrN3O3/c1-25-11-12-26(13-16-7-5-4-6-8-16)15-17(14-25)24-22(27)20-19(28-2)10-9-18(23)21(20)29-3/h4-10,17H,11-15H2,1-3H3,(H,24,27). The molecule has 1 saturated heterocycles. The van der Waals surface area contributed by atoms with Crippen LogP contribution in [-0.4, -0.2) is 69.2 Å². The molecular formula is C22H28BrN3O3. The fourth-order valence-electron chi connectivity index (χ4n) is 3.70. The molecule has 0 bridgehead atoms. The van der Waals surface area contributed by atoms with Gasteiger partial charge in [-0.3, -0.25) is 9.69 Å². The predicted octanol–water partition coefficient (Wildman–Crippen LogP) is 3.01. The molecule has 0 saturated carbocycles. The molecule has 1 N–H and O–H groups in total. The quantitative estimate of drug-likeness (QED) is 0.716. The number of hydrogen-bond donors (Lipinski definition) is 1. The summed E-state index contributed by atoms with van der Waals surface area (Å²) >= 11 is 3.46. The Kier molecular flexibility index (Phi) is 7.52. The molecule has 3 rings (SSSR count). The Morgan fingerprint density at radius 3 is 2.55 bits per heavy atom. The van der Waals surface area contributed by atoms with E-state index in [1.165, 1.54) is 5.56 Å². The zero-order valence-electron chi connectivity index (χ0n) is 17.2. The van der Waals surface area contributed by atoms with Crippen LogP contribution in [0.25, 0.3) is 0 Å². The van der Waals surface area contributed by atoms with Crippen LogP contribution in [0.4, 0.5) is 0 Å². The zero-order chi connectivity index (χ0) is 20.8. The number of carbonyl (C=O) groups excluding carboxylic acids is 1. The van der Waals surface area contributed by atoms with Crippen LogP contribution in [0, 0.1) is 0 Å². The molecule has 156 valence electrons. The SMILES string of the molecule is COc1ccc(Br)c(OC)c1C(=O)NC1CN(C)CCN(Cc2ccccc2)C1. The lowest BCUT2D eigenvalue weighted by Crippen LogP contribution is -2.46. The first-order valence-electron chi connectivity index (χ1n) is 9.68. The van der Waals surface area contributed by atoms with Crippen LogP contribution in [0.1, 0.15) is 15.9 Å². The number of amides is 1. The third kappa shape index (κ3) is 5.50. The van der Waals surface area contributed by atoms with Crippen molar-refractivity contribution in [1.82, 2.24) is 15.1 Å². The van der Waals surface area contributed by atoms with Gasteiger partial charge in [-0.15, -0.1) is 0 Å². The number of benzene rings is 2. The number of likely N-dealkylation sites (N-methyl/N-ethyl adjacent to an activating group) is 1. The number of methoxy groups -OCH3 is 2. The van der Waals surface area contributed by atoms with Crippen LogP contribution in [0.3, 0.4) is 0 Å². The molecule has 1 aliphatic rings. The van der Waals surface area contributed by atoms with Crippen LogP contribution in [0.15, 0.2) is 46.9 Å². The van der Waals surface area contributed by atoms with Crippen molar-refractivity contribution >= 4 is 21.8 Å². The van der Waals surface area contributed by atoms with E-state index in [1.54, 1.807) is 20.3 Å². The summed E-state index contributed by atoms with van der Waals surface area (Å²) < 4.78 is 11.6. The maximum atomic E-state index is 13.2. The summed E-state index contributed by atoms with van der Waals surface area (Å²) in [5.74, 6) is 0.774. The van der Waals surface area contributed by atoms with E-state index in [9.17, 15) is 4.79 Å². The Morgan fingerprint density at radius 1 is 1.10 bits per heavy atom. The van der Waals surface area contributed by atoms with E-state index in [1.807, 2.05) is 12.1 Å². The van der Waals surface area contributed by atoms with E-state index < -0.39 is 0 Å². The Morgan fingerprint density at radius 2 is 1.86 bits per heavy atom. The largest absolute Gasteiger partial charge is 0.496 e. The number of hydrogen-bond acceptors (Lipinski definition) is 5. The molecular weight excluding hydrogens is 434 g/mol. The molecule has 2 aromatic rings. The molecule has 0 aromatic heterocycles. The lowest BCUT2D eigenvalue weighted by atomic mass is 10.1. The number of halogens is 1. The van der Waals surface area contributed by atoms with Crippen molar-refractivity contribution in [3.63, 3.8) is 0 Å². The highest BCUT2D eigenvalue weighted by Crippen LogP contribution is 2.35. The van der Waals surface area contributed by atoms with Gasteiger partial charge in [0.05, 0.1) is 24.7 Å². The third-order valence-electron chi connectivity index (χ3n) is 5.12. The smallest absolute Gasteiger partial charge is 0.259 e. The van der Waals surface area contributed by atoms with Gasteiger partial charge < -0.3 is 19.7 Å². The summed E-state index contributed by atoms with van der Waals surface area (Å²) in [6.45, 7) is 4.36. The zero-order valence-corrected chi connectivity index (χ0v) is 18.7. The van der Waals surface area contributed by atoms with Gasteiger partial charge in [-0.25, -0.2) is 0 Å². The van der Waals surface area contributed by atoms with Crippen LogP contribution < -0.4 is 14.8 Å². The molecule has 1 fully saturated rings. The number of nitrogens with one attached hydrogen (secondary N) is 1. The summed E-state index contributed by atoms with van der Waals surface area (Å²) in [6.07, 6.45) is 0. The lowest BCUT2D eigenvalue weighted by molar-refractivity contribution is 0.0917. The first kappa shape index (κ1) is 21.6. The van der Waals surface area contributed by atoms with Gasteiger partial charge in [0, 0.05) is 32.7 Å². The van der Waals surface area contributed by atoms with Crippen LogP contribution in [0.2, 0.25) is 0 Å². The molecule has 1 aliphatic heterocycles. The Hall–Kier alpha value is -2.09. The van der Waals surface area contributed by atoms with Crippen molar-refractivity contribution in [2.45, 2.75) is 12.6 Å². The second-order valence-electron chi connectivity index (χ2n) is 7.31. The fourth-order valence-corrected chi connectivity index (χ4v) is 4.19. The van der Waals surface area contributed by atoms with Crippen molar-refractivity contribution < 1.29 is 14.3 Å². The van der Waals surface area contributed by atoms with E-state index in [2.05, 4.69) is 62.4 Å². The Balaban J connectivity index is 1.77. The molecule has 0 aliphatic carbocycles. The molecule has 1 atom stereocenters. The van der Waals surface area contributed by atoms with Crippen molar-refractivity contribution in [3.05, 3.63) is 58.1 Å². The van der Waals surface area contributed by atoms with Gasteiger partial charge in [-0.2, -0.15) is 0 Å². The molecule has 29 heavy (non-hydrogen) atoms. The Labute approximate surface area is 180 Å². The van der Waals surface area contributed by atoms with Crippen molar-refractivity contribution in [2.24, 2.45) is 0 Å². The summed E-state index contributed by atoms with van der Waals surface area (Å²) in [4.78, 5) is 17.8. The molecule has 1 unspecified atom stereocenters.